The van der Waals surface area contributed by atoms with Crippen LogP contribution in [0.4, 0.5) is 5.69 Å². The molecule has 0 aliphatic rings. The molecule has 1 atom stereocenters. The maximum atomic E-state index is 12.3. The highest BCUT2D eigenvalue weighted by atomic mass is 16.2. The first kappa shape index (κ1) is 18.7. The van der Waals surface area contributed by atoms with Crippen LogP contribution in [0.3, 0.4) is 0 Å². The molecule has 2 N–H and O–H groups in total. The zero-order valence-corrected chi connectivity index (χ0v) is 14.1. The molecule has 1 aromatic carbocycles. The van der Waals surface area contributed by atoms with E-state index >= 15 is 0 Å². The van der Waals surface area contributed by atoms with E-state index in [1.54, 1.807) is 6.92 Å². The van der Waals surface area contributed by atoms with Crippen molar-refractivity contribution in [2.75, 3.05) is 25.0 Å². The van der Waals surface area contributed by atoms with Crippen LogP contribution in [0, 0.1) is 19.3 Å². The predicted octanol–water partition coefficient (Wildman–Crippen LogP) is 1.78. The Labute approximate surface area is 138 Å². The Morgan fingerprint density at radius 1 is 1.35 bits per heavy atom. The number of para-hydroxylation sites is 1. The van der Waals surface area contributed by atoms with Gasteiger partial charge in [0, 0.05) is 5.69 Å². The van der Waals surface area contributed by atoms with E-state index in [4.69, 9.17) is 6.42 Å². The maximum Gasteiger partial charge on any atom is 0.238 e. The highest BCUT2D eigenvalue weighted by molar-refractivity contribution is 5.93. The molecule has 0 fully saturated rings. The molecule has 1 rings (SSSR count). The summed E-state index contributed by atoms with van der Waals surface area (Å²) in [5.74, 6) is 2.07. The first-order chi connectivity index (χ1) is 11.0. The van der Waals surface area contributed by atoms with Gasteiger partial charge in [-0.3, -0.25) is 14.5 Å². The zero-order chi connectivity index (χ0) is 17.2. The monoisotopic (exact) mass is 315 g/mol. The Bertz CT molecular complexity index is 578. The molecular formula is C18H25N3O2. The topological polar surface area (TPSA) is 61.4 Å². The molecule has 0 radical (unpaired) electrons. The van der Waals surface area contributed by atoms with E-state index in [1.807, 2.05) is 43.0 Å². The summed E-state index contributed by atoms with van der Waals surface area (Å²) in [6.07, 6.45) is 6.00. The van der Waals surface area contributed by atoms with Crippen LogP contribution in [0.2, 0.25) is 0 Å². The Morgan fingerprint density at radius 2 is 2.04 bits per heavy atom. The van der Waals surface area contributed by atoms with Gasteiger partial charge in [0.2, 0.25) is 11.8 Å². The first-order valence-electron chi connectivity index (χ1n) is 7.80. The lowest BCUT2D eigenvalue weighted by atomic mass is 10.2. The van der Waals surface area contributed by atoms with Gasteiger partial charge in [0.25, 0.3) is 0 Å². The average Bonchev–Trinajstić information content (AvgIpc) is 2.53. The van der Waals surface area contributed by atoms with Crippen molar-refractivity contribution in [1.29, 1.82) is 0 Å². The molecule has 0 saturated carbocycles. The van der Waals surface area contributed by atoms with Gasteiger partial charge in [-0.25, -0.2) is 0 Å². The Hall–Kier alpha value is -2.32. The van der Waals surface area contributed by atoms with Crippen molar-refractivity contribution < 1.29 is 9.59 Å². The van der Waals surface area contributed by atoms with Gasteiger partial charge < -0.3 is 10.6 Å². The summed E-state index contributed by atoms with van der Waals surface area (Å²) in [5, 5.41) is 5.55. The van der Waals surface area contributed by atoms with E-state index < -0.39 is 6.04 Å². The average molecular weight is 315 g/mol. The number of aryl methyl sites for hydroxylation is 1. The molecular weight excluding hydrogens is 290 g/mol. The van der Waals surface area contributed by atoms with Crippen molar-refractivity contribution in [2.24, 2.45) is 0 Å². The fraction of sp³-hybridized carbons (Fsp3) is 0.444. The number of benzene rings is 1. The lowest BCUT2D eigenvalue weighted by Gasteiger charge is -2.27. The van der Waals surface area contributed by atoms with E-state index in [2.05, 4.69) is 16.6 Å². The molecule has 1 unspecified atom stereocenters. The third kappa shape index (κ3) is 6.13. The number of hydrogen-bond acceptors (Lipinski definition) is 3. The van der Waals surface area contributed by atoms with E-state index in [0.717, 1.165) is 17.7 Å². The number of nitrogens with zero attached hydrogens (tertiary/aromatic N) is 1. The van der Waals surface area contributed by atoms with Crippen LogP contribution in [0.15, 0.2) is 24.3 Å². The summed E-state index contributed by atoms with van der Waals surface area (Å²) in [7, 11) is 0. The van der Waals surface area contributed by atoms with Crippen molar-refractivity contribution in [1.82, 2.24) is 10.2 Å². The molecule has 124 valence electrons. The SMILES string of the molecule is C#CCNC(=O)C(C)N(CCC)CC(=O)Nc1ccccc1C. The standard InChI is InChI=1S/C18H25N3O2/c1-5-11-19-18(23)15(4)21(12-6-2)13-17(22)20-16-10-8-7-9-14(16)3/h1,7-10,15H,6,11-13H2,2-4H3,(H,19,23)(H,20,22). The van der Waals surface area contributed by atoms with Gasteiger partial charge in [-0.05, 0) is 38.4 Å². The number of hydrogen-bond donors (Lipinski definition) is 2. The van der Waals surface area contributed by atoms with Gasteiger partial charge >= 0.3 is 0 Å². The molecule has 5 nitrogen and oxygen atoms in total. The summed E-state index contributed by atoms with van der Waals surface area (Å²) >= 11 is 0. The lowest BCUT2D eigenvalue weighted by molar-refractivity contribution is -0.127. The minimum Gasteiger partial charge on any atom is -0.344 e. The highest BCUT2D eigenvalue weighted by Crippen LogP contribution is 2.13. The summed E-state index contributed by atoms with van der Waals surface area (Å²) in [4.78, 5) is 26.2. The maximum absolute atomic E-state index is 12.3. The Balaban J connectivity index is 2.67. The van der Waals surface area contributed by atoms with Crippen LogP contribution in [-0.2, 0) is 9.59 Å². The number of anilines is 1. The quantitative estimate of drug-likeness (QED) is 0.719. The van der Waals surface area contributed by atoms with Crippen LogP contribution in [0.1, 0.15) is 25.8 Å². The van der Waals surface area contributed by atoms with Crippen LogP contribution in [0.25, 0.3) is 0 Å². The molecule has 0 aliphatic heterocycles. The van der Waals surface area contributed by atoms with Crippen molar-refractivity contribution >= 4 is 17.5 Å². The number of amides is 2. The van der Waals surface area contributed by atoms with Gasteiger partial charge in [0.15, 0.2) is 0 Å². The minimum absolute atomic E-state index is 0.135. The third-order valence-corrected chi connectivity index (χ3v) is 3.57. The lowest BCUT2D eigenvalue weighted by Crippen LogP contribution is -2.48. The molecule has 0 aliphatic carbocycles. The molecule has 5 heteroatoms. The fourth-order valence-corrected chi connectivity index (χ4v) is 2.24. The van der Waals surface area contributed by atoms with Crippen LogP contribution in [0.5, 0.6) is 0 Å². The first-order valence-corrected chi connectivity index (χ1v) is 7.80. The van der Waals surface area contributed by atoms with Gasteiger partial charge in [0.1, 0.15) is 0 Å². The molecule has 0 bridgehead atoms. The van der Waals surface area contributed by atoms with Crippen molar-refractivity contribution in [3.8, 4) is 12.3 Å². The van der Waals surface area contributed by atoms with E-state index in [0.29, 0.717) is 6.54 Å². The summed E-state index contributed by atoms with van der Waals surface area (Å²) in [5.41, 5.74) is 1.79. The molecule has 2 amide bonds. The summed E-state index contributed by atoms with van der Waals surface area (Å²) < 4.78 is 0. The molecule has 0 saturated heterocycles. The highest BCUT2D eigenvalue weighted by Gasteiger charge is 2.22. The minimum atomic E-state index is -0.411. The van der Waals surface area contributed by atoms with Crippen molar-refractivity contribution in [3.63, 3.8) is 0 Å². The number of carbonyl (C=O) groups excluding carboxylic acids is 2. The van der Waals surface area contributed by atoms with Gasteiger partial charge in [-0.2, -0.15) is 0 Å². The summed E-state index contributed by atoms with van der Waals surface area (Å²) in [6, 6.07) is 7.19. The van der Waals surface area contributed by atoms with E-state index in [-0.39, 0.29) is 24.9 Å². The third-order valence-electron chi connectivity index (χ3n) is 3.57. The van der Waals surface area contributed by atoms with E-state index in [9.17, 15) is 9.59 Å². The van der Waals surface area contributed by atoms with Gasteiger partial charge in [-0.1, -0.05) is 31.0 Å². The largest absolute Gasteiger partial charge is 0.344 e. The fourth-order valence-electron chi connectivity index (χ4n) is 2.24. The smallest absolute Gasteiger partial charge is 0.238 e. The van der Waals surface area contributed by atoms with Crippen LogP contribution >= 0.6 is 0 Å². The molecule has 0 spiro atoms. The number of nitrogens with one attached hydrogen (secondary N) is 2. The molecule has 1 aromatic rings. The van der Waals surface area contributed by atoms with Gasteiger partial charge in [-0.15, -0.1) is 6.42 Å². The van der Waals surface area contributed by atoms with Gasteiger partial charge in [0.05, 0.1) is 19.1 Å². The van der Waals surface area contributed by atoms with Crippen LogP contribution < -0.4 is 10.6 Å². The normalized spacial score (nSPS) is 11.6. The predicted molar refractivity (Wildman–Crippen MR) is 93.0 cm³/mol. The van der Waals surface area contributed by atoms with E-state index in [1.165, 1.54) is 0 Å². The Kier molecular flexibility index (Phi) is 7.86. The molecule has 0 aromatic heterocycles. The summed E-state index contributed by atoms with van der Waals surface area (Å²) in [6.45, 7) is 6.74. The number of terminal acetylenes is 1. The van der Waals surface area contributed by atoms with Crippen LogP contribution in [-0.4, -0.2) is 42.4 Å². The number of rotatable bonds is 8. The second kappa shape index (κ2) is 9.65. The second-order valence-corrected chi connectivity index (χ2v) is 5.43. The van der Waals surface area contributed by atoms with Crippen molar-refractivity contribution in [3.05, 3.63) is 29.8 Å². The second-order valence-electron chi connectivity index (χ2n) is 5.43. The number of carbonyl (C=O) groups is 2. The van der Waals surface area contributed by atoms with Crippen molar-refractivity contribution in [2.45, 2.75) is 33.2 Å². The molecule has 23 heavy (non-hydrogen) atoms. The molecule has 0 heterocycles. The zero-order valence-electron chi connectivity index (χ0n) is 14.1. The Morgan fingerprint density at radius 3 is 2.65 bits per heavy atom.